The number of carbonyl (C=O) groups is 1. The van der Waals surface area contributed by atoms with Crippen LogP contribution in [0.5, 0.6) is 5.75 Å². The number of nitrogens with zero attached hydrogens (tertiary/aromatic N) is 4. The Morgan fingerprint density at radius 1 is 1.24 bits per heavy atom. The molecule has 1 unspecified atom stereocenters. The molecule has 9 nitrogen and oxygen atoms in total. The molecule has 0 radical (unpaired) electrons. The van der Waals surface area contributed by atoms with Crippen molar-refractivity contribution in [3.8, 4) is 17.3 Å². The second-order valence-corrected chi connectivity index (χ2v) is 8.15. The van der Waals surface area contributed by atoms with Crippen LogP contribution >= 0.6 is 0 Å². The summed E-state index contributed by atoms with van der Waals surface area (Å²) in [5.74, 6) is -1.40. The topological polar surface area (TPSA) is 127 Å². The molecule has 11 heteroatoms. The van der Waals surface area contributed by atoms with Crippen molar-refractivity contribution in [1.29, 1.82) is 0 Å². The van der Waals surface area contributed by atoms with Gasteiger partial charge in [0, 0.05) is 24.5 Å². The summed E-state index contributed by atoms with van der Waals surface area (Å²) in [5.41, 5.74) is 1.56. The van der Waals surface area contributed by atoms with Crippen LogP contribution in [0.4, 0.5) is 8.78 Å². The number of aromatic nitrogens is 5. The molecule has 174 valence electrons. The van der Waals surface area contributed by atoms with Gasteiger partial charge in [-0.05, 0) is 55.0 Å². The molecule has 1 aliphatic carbocycles. The predicted octanol–water partition coefficient (Wildman–Crippen LogP) is 3.15. The lowest BCUT2D eigenvalue weighted by atomic mass is 9.83. The molecule has 0 fully saturated rings. The number of aromatic hydroxyl groups is 1. The highest BCUT2D eigenvalue weighted by atomic mass is 19.1. The minimum atomic E-state index is -0.659. The number of fused-ring (bicyclic) bond motifs is 1. The van der Waals surface area contributed by atoms with Crippen molar-refractivity contribution in [3.05, 3.63) is 81.2 Å². The maximum atomic E-state index is 13.6. The molecule has 3 heterocycles. The van der Waals surface area contributed by atoms with Gasteiger partial charge in [0.1, 0.15) is 23.1 Å². The molecule has 0 saturated carbocycles. The van der Waals surface area contributed by atoms with E-state index in [1.54, 1.807) is 0 Å². The molecule has 1 atom stereocenters. The zero-order valence-electron chi connectivity index (χ0n) is 17.8. The average molecular weight is 467 g/mol. The Hall–Kier alpha value is -4.15. The SMILES string of the molecule is O=C(CCc1nc(-c2ccc(O)cn2)no1)n1[nH]c(=O)c2c1CCC(c1cc(F)cc(F)c1)C2. The van der Waals surface area contributed by atoms with Crippen molar-refractivity contribution in [1.82, 2.24) is 24.9 Å². The fourth-order valence-electron chi connectivity index (χ4n) is 4.25. The molecule has 3 aromatic heterocycles. The molecule has 5 rings (SSSR count). The number of carbonyl (C=O) groups excluding carboxylic acids is 1. The summed E-state index contributed by atoms with van der Waals surface area (Å²) in [6.45, 7) is 0. The minimum absolute atomic E-state index is 0.0107. The highest BCUT2D eigenvalue weighted by Gasteiger charge is 2.28. The van der Waals surface area contributed by atoms with E-state index in [1.165, 1.54) is 35.1 Å². The Bertz CT molecular complexity index is 1400. The van der Waals surface area contributed by atoms with Crippen molar-refractivity contribution >= 4 is 5.91 Å². The Labute approximate surface area is 191 Å². The number of aromatic amines is 1. The Morgan fingerprint density at radius 2 is 2.03 bits per heavy atom. The van der Waals surface area contributed by atoms with Crippen molar-refractivity contribution in [2.24, 2.45) is 0 Å². The molecule has 1 aliphatic rings. The Balaban J connectivity index is 1.28. The fourth-order valence-corrected chi connectivity index (χ4v) is 4.25. The van der Waals surface area contributed by atoms with Gasteiger partial charge in [-0.15, -0.1) is 0 Å². The van der Waals surface area contributed by atoms with Crippen LogP contribution in [0.2, 0.25) is 0 Å². The van der Waals surface area contributed by atoms with Crippen LogP contribution in [0.15, 0.2) is 45.8 Å². The predicted molar refractivity (Wildman–Crippen MR) is 114 cm³/mol. The number of pyridine rings is 1. The van der Waals surface area contributed by atoms with Gasteiger partial charge >= 0.3 is 0 Å². The van der Waals surface area contributed by atoms with Gasteiger partial charge in [0.15, 0.2) is 0 Å². The zero-order chi connectivity index (χ0) is 23.8. The van der Waals surface area contributed by atoms with Crippen molar-refractivity contribution < 1.29 is 23.2 Å². The zero-order valence-corrected chi connectivity index (χ0v) is 17.8. The van der Waals surface area contributed by atoms with Gasteiger partial charge in [0.2, 0.25) is 17.6 Å². The number of rotatable bonds is 5. The largest absolute Gasteiger partial charge is 0.506 e. The summed E-state index contributed by atoms with van der Waals surface area (Å²) in [4.78, 5) is 33.6. The second-order valence-electron chi connectivity index (χ2n) is 8.15. The summed E-state index contributed by atoms with van der Waals surface area (Å²) in [5, 5.41) is 15.7. The van der Waals surface area contributed by atoms with E-state index in [4.69, 9.17) is 4.52 Å². The fraction of sp³-hybridized carbons (Fsp3) is 0.261. The molecule has 0 bridgehead atoms. The van der Waals surface area contributed by atoms with Crippen LogP contribution in [0.1, 0.15) is 46.3 Å². The Morgan fingerprint density at radius 3 is 2.76 bits per heavy atom. The third-order valence-corrected chi connectivity index (χ3v) is 5.89. The van der Waals surface area contributed by atoms with E-state index in [0.29, 0.717) is 41.8 Å². The van der Waals surface area contributed by atoms with E-state index >= 15 is 0 Å². The summed E-state index contributed by atoms with van der Waals surface area (Å²) < 4.78 is 33.7. The van der Waals surface area contributed by atoms with Gasteiger partial charge < -0.3 is 9.63 Å². The van der Waals surface area contributed by atoms with E-state index in [9.17, 15) is 23.5 Å². The summed E-state index contributed by atoms with van der Waals surface area (Å²) in [6, 6.07) is 6.36. The number of H-pyrrole nitrogens is 1. The maximum Gasteiger partial charge on any atom is 0.267 e. The molecule has 1 aromatic carbocycles. The van der Waals surface area contributed by atoms with E-state index in [-0.39, 0.29) is 47.7 Å². The van der Waals surface area contributed by atoms with Gasteiger partial charge in [-0.1, -0.05) is 5.16 Å². The molecule has 0 aliphatic heterocycles. The molecule has 4 aromatic rings. The first-order valence-electron chi connectivity index (χ1n) is 10.7. The van der Waals surface area contributed by atoms with Gasteiger partial charge in [-0.25, -0.2) is 18.4 Å². The number of hydrogen-bond donors (Lipinski definition) is 2. The van der Waals surface area contributed by atoms with Crippen LogP contribution in [-0.2, 0) is 19.3 Å². The molecule has 34 heavy (non-hydrogen) atoms. The lowest BCUT2D eigenvalue weighted by molar-refractivity contribution is 0.0878. The first kappa shape index (κ1) is 21.7. The van der Waals surface area contributed by atoms with Gasteiger partial charge in [0.25, 0.3) is 5.56 Å². The smallest absolute Gasteiger partial charge is 0.267 e. The monoisotopic (exact) mass is 467 g/mol. The molecule has 2 N–H and O–H groups in total. The highest BCUT2D eigenvalue weighted by Crippen LogP contribution is 2.32. The third-order valence-electron chi connectivity index (χ3n) is 5.89. The maximum absolute atomic E-state index is 13.6. The first-order chi connectivity index (χ1) is 16.4. The van der Waals surface area contributed by atoms with Crippen LogP contribution < -0.4 is 5.56 Å². The van der Waals surface area contributed by atoms with Crippen LogP contribution in [0, 0.1) is 11.6 Å². The molecule has 0 spiro atoms. The van der Waals surface area contributed by atoms with Crippen LogP contribution in [-0.4, -0.2) is 35.9 Å². The summed E-state index contributed by atoms with van der Waals surface area (Å²) in [6.07, 6.45) is 2.69. The van der Waals surface area contributed by atoms with E-state index < -0.39 is 11.6 Å². The normalized spacial score (nSPS) is 15.3. The quantitative estimate of drug-likeness (QED) is 0.462. The van der Waals surface area contributed by atoms with E-state index in [2.05, 4.69) is 20.2 Å². The number of benzene rings is 1. The standard InChI is InChI=1S/C23H19F2N5O4/c24-14-7-13(8-15(25)10-14)12-1-4-19-17(9-12)23(33)28-30(19)21(32)6-5-20-27-22(29-34-20)18-3-2-16(31)11-26-18/h2-3,7-8,10-12,31H,1,4-6,9H2,(H,28,33). The van der Waals surface area contributed by atoms with Gasteiger partial charge in [0.05, 0.1) is 11.9 Å². The van der Waals surface area contributed by atoms with E-state index in [0.717, 1.165) is 6.07 Å². The van der Waals surface area contributed by atoms with Gasteiger partial charge in [-0.2, -0.15) is 4.98 Å². The lowest BCUT2D eigenvalue weighted by Crippen LogP contribution is -2.20. The van der Waals surface area contributed by atoms with Crippen molar-refractivity contribution in [2.45, 2.75) is 38.0 Å². The third kappa shape index (κ3) is 4.24. The van der Waals surface area contributed by atoms with E-state index in [1.807, 2.05) is 0 Å². The molecular weight excluding hydrogens is 448 g/mol. The van der Waals surface area contributed by atoms with Crippen molar-refractivity contribution in [3.63, 3.8) is 0 Å². The first-order valence-corrected chi connectivity index (χ1v) is 10.7. The van der Waals surface area contributed by atoms with Crippen molar-refractivity contribution in [2.75, 3.05) is 0 Å². The second kappa shape index (κ2) is 8.65. The summed E-state index contributed by atoms with van der Waals surface area (Å²) in [7, 11) is 0. The number of hydrogen-bond acceptors (Lipinski definition) is 7. The average Bonchev–Trinajstić information content (AvgIpc) is 3.42. The number of aryl methyl sites for hydroxylation is 1. The molecular formula is C23H19F2N5O4. The molecule has 0 amide bonds. The summed E-state index contributed by atoms with van der Waals surface area (Å²) >= 11 is 0. The highest BCUT2D eigenvalue weighted by molar-refractivity contribution is 5.79. The van der Waals surface area contributed by atoms with Gasteiger partial charge in [-0.3, -0.25) is 14.7 Å². The molecule has 0 saturated heterocycles. The van der Waals surface area contributed by atoms with Crippen LogP contribution in [0.25, 0.3) is 11.5 Å². The lowest BCUT2D eigenvalue weighted by Gasteiger charge is -2.23. The number of halogens is 2. The minimum Gasteiger partial charge on any atom is -0.506 e. The van der Waals surface area contributed by atoms with Crippen LogP contribution in [0.3, 0.4) is 0 Å². The Kier molecular flexibility index (Phi) is 5.52. The number of nitrogens with one attached hydrogen (secondary N) is 1.